The Hall–Kier alpha value is -3.52. The van der Waals surface area contributed by atoms with Crippen LogP contribution in [0.2, 0.25) is 0 Å². The van der Waals surface area contributed by atoms with Crippen LogP contribution >= 0.6 is 0 Å². The predicted molar refractivity (Wildman–Crippen MR) is 166 cm³/mol. The Morgan fingerprint density at radius 1 is 0.886 bits per heavy atom. The maximum absolute atomic E-state index is 13.5. The Balaban J connectivity index is 2.19. The number of nitrogens with one attached hydrogen (secondary N) is 3. The molecule has 0 fully saturated rings. The van der Waals surface area contributed by atoms with Crippen LogP contribution in [0.3, 0.4) is 0 Å². The molecule has 2 aromatic rings. The van der Waals surface area contributed by atoms with E-state index in [1.165, 1.54) is 20.8 Å². The summed E-state index contributed by atoms with van der Waals surface area (Å²) in [5.41, 5.74) is 0.00881. The first-order valence-electron chi connectivity index (χ1n) is 14.6. The van der Waals surface area contributed by atoms with Crippen molar-refractivity contribution in [1.82, 2.24) is 19.7 Å². The molecule has 4 N–H and O–H groups in total. The van der Waals surface area contributed by atoms with Gasteiger partial charge in [-0.25, -0.2) is 4.79 Å². The van der Waals surface area contributed by atoms with Crippen molar-refractivity contribution in [3.8, 4) is 0 Å². The van der Waals surface area contributed by atoms with E-state index >= 15 is 0 Å². The lowest BCUT2D eigenvalue weighted by atomic mass is 10.0. The van der Waals surface area contributed by atoms with Gasteiger partial charge in [-0.05, 0) is 51.2 Å². The quantitative estimate of drug-likeness (QED) is 0.193. The van der Waals surface area contributed by atoms with E-state index in [9.17, 15) is 27.9 Å². The van der Waals surface area contributed by atoms with Gasteiger partial charge >= 0.3 is 12.1 Å². The Kier molecular flexibility index (Phi) is 14.2. The van der Waals surface area contributed by atoms with E-state index in [2.05, 4.69) is 15.4 Å². The molecule has 44 heavy (non-hydrogen) atoms. The molecular weight excluding hydrogens is 588 g/mol. The molecule has 2 aromatic carbocycles. The Morgan fingerprint density at radius 2 is 1.45 bits per heavy atom. The molecule has 1 unspecified atom stereocenters. The number of ether oxygens (including phenoxy) is 2. The molecule has 0 bridgehead atoms. The fourth-order valence-corrected chi connectivity index (χ4v) is 5.92. The van der Waals surface area contributed by atoms with Crippen molar-refractivity contribution in [2.75, 3.05) is 19.7 Å². The second-order valence-corrected chi connectivity index (χ2v) is 13.1. The molecule has 0 aliphatic carbocycles. The molecule has 2 rings (SSSR count). The lowest BCUT2D eigenvalue weighted by molar-refractivity contribution is -0.149. The van der Waals surface area contributed by atoms with Gasteiger partial charge in [-0.3, -0.25) is 9.59 Å². The molecule has 12 nitrogen and oxygen atoms in total. The molecule has 3 atom stereocenters. The van der Waals surface area contributed by atoms with Gasteiger partial charge in [-0.1, -0.05) is 74.5 Å². The van der Waals surface area contributed by atoms with E-state index in [4.69, 9.17) is 9.47 Å². The second-order valence-electron chi connectivity index (χ2n) is 11.5. The fraction of sp³-hybridized carbons (Fsp3) is 0.516. The standard InChI is InChI=1S/C31H46N4O8S/c1-7-42-29(38)31(5,6)34-44(40,41)35(19-22(2)3)20-27(36)26(18-24-14-10-8-11-15-24)33-28(37)23(4)32-30(39)43-21-25-16-12-9-13-17-25/h8-17,22-23,26-27,34,36H,7,18-21H2,1-6H3,(H,32,39)(H,33,37)/t23-,26-,27?/m0/s1. The maximum atomic E-state index is 13.5. The summed E-state index contributed by atoms with van der Waals surface area (Å²) in [6.07, 6.45) is -1.98. The van der Waals surface area contributed by atoms with Crippen molar-refractivity contribution in [3.63, 3.8) is 0 Å². The number of hydrogen-bond acceptors (Lipinski definition) is 8. The van der Waals surface area contributed by atoms with Crippen LogP contribution in [0, 0.1) is 5.92 Å². The van der Waals surface area contributed by atoms with Crippen LogP contribution in [0.25, 0.3) is 0 Å². The molecule has 244 valence electrons. The maximum Gasteiger partial charge on any atom is 0.408 e. The lowest BCUT2D eigenvalue weighted by Crippen LogP contribution is -2.59. The van der Waals surface area contributed by atoms with Gasteiger partial charge in [0.25, 0.3) is 10.2 Å². The average Bonchev–Trinajstić information content (AvgIpc) is 2.95. The van der Waals surface area contributed by atoms with Gasteiger partial charge in [0.2, 0.25) is 5.91 Å². The van der Waals surface area contributed by atoms with Crippen LogP contribution in [-0.4, -0.2) is 79.2 Å². The van der Waals surface area contributed by atoms with Crippen molar-refractivity contribution in [2.24, 2.45) is 5.92 Å². The summed E-state index contributed by atoms with van der Waals surface area (Å²) in [6.45, 7) is 9.27. The highest BCUT2D eigenvalue weighted by atomic mass is 32.2. The number of carbonyl (C=O) groups excluding carboxylic acids is 3. The number of rotatable bonds is 17. The number of nitrogens with zero attached hydrogens (tertiary/aromatic N) is 1. The van der Waals surface area contributed by atoms with E-state index in [-0.39, 0.29) is 38.6 Å². The third-order valence-corrected chi connectivity index (χ3v) is 8.25. The molecular formula is C31H46N4O8S. The zero-order valence-corrected chi connectivity index (χ0v) is 27.1. The molecule has 0 spiro atoms. The SMILES string of the molecule is CCOC(=O)C(C)(C)NS(=O)(=O)N(CC(C)C)CC(O)[C@H](Cc1ccccc1)NC(=O)[C@H](C)NC(=O)OCc1ccccc1. The Labute approximate surface area is 260 Å². The van der Waals surface area contributed by atoms with E-state index in [1.807, 2.05) is 62.4 Å². The van der Waals surface area contributed by atoms with Crippen molar-refractivity contribution >= 4 is 28.2 Å². The molecule has 0 aromatic heterocycles. The number of benzene rings is 2. The van der Waals surface area contributed by atoms with Gasteiger partial charge < -0.3 is 25.2 Å². The van der Waals surface area contributed by atoms with Crippen LogP contribution in [-0.2, 0) is 42.3 Å². The minimum Gasteiger partial charge on any atom is -0.465 e. The monoisotopic (exact) mass is 634 g/mol. The molecule has 0 saturated heterocycles. The van der Waals surface area contributed by atoms with Gasteiger partial charge in [-0.2, -0.15) is 17.4 Å². The first-order valence-corrected chi connectivity index (χ1v) is 16.0. The lowest BCUT2D eigenvalue weighted by Gasteiger charge is -2.33. The van der Waals surface area contributed by atoms with Crippen LogP contribution < -0.4 is 15.4 Å². The largest absolute Gasteiger partial charge is 0.465 e. The van der Waals surface area contributed by atoms with Gasteiger partial charge in [0.1, 0.15) is 18.2 Å². The summed E-state index contributed by atoms with van der Waals surface area (Å²) in [7, 11) is -4.29. The van der Waals surface area contributed by atoms with Crippen LogP contribution in [0.15, 0.2) is 60.7 Å². The second kappa shape index (κ2) is 17.1. The molecule has 0 radical (unpaired) electrons. The molecule has 0 heterocycles. The van der Waals surface area contributed by atoms with Crippen molar-refractivity contribution in [2.45, 2.75) is 78.3 Å². The summed E-state index contributed by atoms with van der Waals surface area (Å²) in [5, 5.41) is 16.6. The zero-order valence-electron chi connectivity index (χ0n) is 26.3. The minimum atomic E-state index is -4.29. The highest BCUT2D eigenvalue weighted by Gasteiger charge is 2.38. The molecule has 13 heteroatoms. The highest BCUT2D eigenvalue weighted by molar-refractivity contribution is 7.87. The third-order valence-electron chi connectivity index (χ3n) is 6.50. The van der Waals surface area contributed by atoms with Crippen LogP contribution in [0.4, 0.5) is 4.79 Å². The Bertz CT molecular complexity index is 1310. The molecule has 0 aliphatic rings. The van der Waals surface area contributed by atoms with E-state index < -0.39 is 51.9 Å². The molecule has 0 saturated carbocycles. The first kappa shape index (κ1) is 36.7. The smallest absolute Gasteiger partial charge is 0.408 e. The Morgan fingerprint density at radius 3 is 2.00 bits per heavy atom. The minimum absolute atomic E-state index is 0.0253. The average molecular weight is 635 g/mol. The highest BCUT2D eigenvalue weighted by Crippen LogP contribution is 2.15. The zero-order chi connectivity index (χ0) is 32.9. The summed E-state index contributed by atoms with van der Waals surface area (Å²) >= 11 is 0. The summed E-state index contributed by atoms with van der Waals surface area (Å²) in [6, 6.07) is 16.2. The van der Waals surface area contributed by atoms with Gasteiger partial charge in [0, 0.05) is 13.1 Å². The number of carbonyl (C=O) groups is 3. The topological polar surface area (TPSA) is 163 Å². The van der Waals surface area contributed by atoms with Gasteiger partial charge in [-0.15, -0.1) is 0 Å². The number of amides is 2. The predicted octanol–water partition coefficient (Wildman–Crippen LogP) is 2.52. The number of aliphatic hydroxyl groups excluding tert-OH is 1. The van der Waals surface area contributed by atoms with Crippen LogP contribution in [0.1, 0.15) is 52.7 Å². The summed E-state index contributed by atoms with van der Waals surface area (Å²) < 4.78 is 40.6. The number of aliphatic hydroxyl groups is 1. The van der Waals surface area contributed by atoms with Crippen LogP contribution in [0.5, 0.6) is 0 Å². The fourth-order valence-electron chi connectivity index (χ4n) is 4.22. The van der Waals surface area contributed by atoms with Gasteiger partial charge in [0.15, 0.2) is 0 Å². The summed E-state index contributed by atoms with van der Waals surface area (Å²) in [4.78, 5) is 37.9. The van der Waals surface area contributed by atoms with Gasteiger partial charge in [0.05, 0.1) is 18.8 Å². The van der Waals surface area contributed by atoms with E-state index in [1.54, 1.807) is 19.1 Å². The summed E-state index contributed by atoms with van der Waals surface area (Å²) in [5.74, 6) is -1.47. The first-order chi connectivity index (χ1) is 20.6. The van der Waals surface area contributed by atoms with Crippen molar-refractivity contribution in [3.05, 3.63) is 71.8 Å². The van der Waals surface area contributed by atoms with Crippen molar-refractivity contribution < 1.29 is 37.4 Å². The number of alkyl carbamates (subject to hydrolysis) is 1. The van der Waals surface area contributed by atoms with E-state index in [0.717, 1.165) is 15.4 Å². The molecule has 0 aliphatic heterocycles. The molecule has 2 amide bonds. The van der Waals surface area contributed by atoms with E-state index in [0.29, 0.717) is 0 Å². The normalized spacial score (nSPS) is 14.0. The number of hydrogen-bond donors (Lipinski definition) is 4. The van der Waals surface area contributed by atoms with Crippen molar-refractivity contribution in [1.29, 1.82) is 0 Å². The third kappa shape index (κ3) is 12.2. The number of esters is 1.